The Morgan fingerprint density at radius 2 is 2.05 bits per heavy atom. The Morgan fingerprint density at radius 3 is 2.62 bits per heavy atom. The van der Waals surface area contributed by atoms with Crippen LogP contribution in [0.2, 0.25) is 0 Å². The van der Waals surface area contributed by atoms with E-state index in [0.29, 0.717) is 22.8 Å². The van der Waals surface area contributed by atoms with E-state index in [-0.39, 0.29) is 6.61 Å². The van der Waals surface area contributed by atoms with Crippen LogP contribution in [0.25, 0.3) is 0 Å². The first-order valence-corrected chi connectivity index (χ1v) is 6.37. The van der Waals surface area contributed by atoms with Crippen LogP contribution >= 0.6 is 0 Å². The van der Waals surface area contributed by atoms with Gasteiger partial charge in [0.2, 0.25) is 0 Å². The quantitative estimate of drug-likeness (QED) is 0.789. The van der Waals surface area contributed by atoms with Gasteiger partial charge in [-0.15, -0.1) is 0 Å². The fourth-order valence-corrected chi connectivity index (χ4v) is 1.89. The van der Waals surface area contributed by atoms with E-state index in [4.69, 9.17) is 18.7 Å². The molecule has 0 aliphatic carbocycles. The van der Waals surface area contributed by atoms with Crippen LogP contribution in [-0.4, -0.2) is 25.3 Å². The molecule has 0 atom stereocenters. The Labute approximate surface area is 122 Å². The maximum atomic E-state index is 11.8. The number of carbonyl (C=O) groups is 1. The Kier molecular flexibility index (Phi) is 4.47. The van der Waals surface area contributed by atoms with Gasteiger partial charge in [-0.1, -0.05) is 5.16 Å². The highest BCUT2D eigenvalue weighted by molar-refractivity contribution is 5.92. The SMILES string of the molecule is COC(=O)c1cc(OC)ccc1OCc1c(C)noc1C. The Balaban J connectivity index is 2.25. The highest BCUT2D eigenvalue weighted by atomic mass is 16.5. The molecule has 0 aliphatic heterocycles. The molecule has 0 spiro atoms. The van der Waals surface area contributed by atoms with E-state index in [1.807, 2.05) is 13.8 Å². The van der Waals surface area contributed by atoms with E-state index in [2.05, 4.69) is 5.16 Å². The summed E-state index contributed by atoms with van der Waals surface area (Å²) in [5.74, 6) is 1.19. The molecule has 1 aromatic heterocycles. The van der Waals surface area contributed by atoms with Crippen LogP contribution in [0.1, 0.15) is 27.4 Å². The Hall–Kier alpha value is -2.50. The van der Waals surface area contributed by atoms with Gasteiger partial charge in [0.05, 0.1) is 25.5 Å². The molecule has 0 unspecified atom stereocenters. The van der Waals surface area contributed by atoms with Gasteiger partial charge >= 0.3 is 5.97 Å². The van der Waals surface area contributed by atoms with Gasteiger partial charge in [0.25, 0.3) is 0 Å². The first kappa shape index (κ1) is 14.9. The minimum atomic E-state index is -0.484. The standard InChI is InChI=1S/C15H17NO5/c1-9-13(10(2)21-16-9)8-20-14-6-5-11(18-3)7-12(14)15(17)19-4/h5-7H,8H2,1-4H3. The molecule has 0 saturated carbocycles. The minimum Gasteiger partial charge on any atom is -0.497 e. The van der Waals surface area contributed by atoms with E-state index < -0.39 is 5.97 Å². The van der Waals surface area contributed by atoms with E-state index in [0.717, 1.165) is 11.3 Å². The predicted octanol–water partition coefficient (Wildman–Crippen LogP) is 2.67. The smallest absolute Gasteiger partial charge is 0.341 e. The number of aryl methyl sites for hydroxylation is 2. The monoisotopic (exact) mass is 291 g/mol. The lowest BCUT2D eigenvalue weighted by atomic mass is 10.2. The normalized spacial score (nSPS) is 10.3. The van der Waals surface area contributed by atoms with E-state index in [1.165, 1.54) is 14.2 Å². The third-order valence-corrected chi connectivity index (χ3v) is 3.15. The number of benzene rings is 1. The summed E-state index contributed by atoms with van der Waals surface area (Å²) < 4.78 is 20.6. The molecule has 112 valence electrons. The first-order valence-electron chi connectivity index (χ1n) is 6.37. The molecule has 0 bridgehead atoms. The zero-order valence-corrected chi connectivity index (χ0v) is 12.4. The summed E-state index contributed by atoms with van der Waals surface area (Å²) >= 11 is 0. The van der Waals surface area contributed by atoms with Crippen LogP contribution in [-0.2, 0) is 11.3 Å². The van der Waals surface area contributed by atoms with Crippen molar-refractivity contribution in [2.24, 2.45) is 0 Å². The largest absolute Gasteiger partial charge is 0.497 e. The van der Waals surface area contributed by atoms with Crippen molar-refractivity contribution in [3.63, 3.8) is 0 Å². The van der Waals surface area contributed by atoms with Crippen LogP contribution in [0.3, 0.4) is 0 Å². The minimum absolute atomic E-state index is 0.261. The second-order valence-corrected chi connectivity index (χ2v) is 4.45. The van der Waals surface area contributed by atoms with Crippen LogP contribution in [0, 0.1) is 13.8 Å². The fourth-order valence-electron chi connectivity index (χ4n) is 1.89. The lowest BCUT2D eigenvalue weighted by molar-refractivity contribution is 0.0595. The van der Waals surface area contributed by atoms with Crippen molar-refractivity contribution in [1.82, 2.24) is 5.16 Å². The summed E-state index contributed by atoms with van der Waals surface area (Å²) in [4.78, 5) is 11.8. The number of ether oxygens (including phenoxy) is 3. The van der Waals surface area contributed by atoms with Gasteiger partial charge in [0, 0.05) is 0 Å². The second-order valence-electron chi connectivity index (χ2n) is 4.45. The molecular formula is C15H17NO5. The lowest BCUT2D eigenvalue weighted by Crippen LogP contribution is -2.07. The van der Waals surface area contributed by atoms with Crippen LogP contribution in [0.5, 0.6) is 11.5 Å². The highest BCUT2D eigenvalue weighted by Gasteiger charge is 2.16. The van der Waals surface area contributed by atoms with Crippen molar-refractivity contribution in [1.29, 1.82) is 0 Å². The Bertz CT molecular complexity index is 628. The van der Waals surface area contributed by atoms with E-state index >= 15 is 0 Å². The third kappa shape index (κ3) is 3.16. The molecule has 0 N–H and O–H groups in total. The Morgan fingerprint density at radius 1 is 1.29 bits per heavy atom. The van der Waals surface area contributed by atoms with E-state index in [9.17, 15) is 4.79 Å². The number of carbonyl (C=O) groups excluding carboxylic acids is 1. The van der Waals surface area contributed by atoms with Gasteiger partial charge in [-0.05, 0) is 32.0 Å². The van der Waals surface area contributed by atoms with Crippen molar-refractivity contribution >= 4 is 5.97 Å². The fraction of sp³-hybridized carbons (Fsp3) is 0.333. The summed E-state index contributed by atoms with van der Waals surface area (Å²) in [6.07, 6.45) is 0. The lowest BCUT2D eigenvalue weighted by Gasteiger charge is -2.11. The molecule has 1 heterocycles. The number of hydrogen-bond acceptors (Lipinski definition) is 6. The number of aromatic nitrogens is 1. The summed E-state index contributed by atoms with van der Waals surface area (Å²) in [7, 11) is 2.85. The topological polar surface area (TPSA) is 70.8 Å². The molecule has 0 amide bonds. The van der Waals surface area contributed by atoms with Crippen molar-refractivity contribution in [2.45, 2.75) is 20.5 Å². The van der Waals surface area contributed by atoms with Gasteiger partial charge < -0.3 is 18.7 Å². The van der Waals surface area contributed by atoms with Gasteiger partial charge in [0.1, 0.15) is 29.4 Å². The summed E-state index contributed by atoms with van der Waals surface area (Å²) in [5.41, 5.74) is 1.94. The second kappa shape index (κ2) is 6.30. The molecule has 0 aliphatic rings. The predicted molar refractivity (Wildman–Crippen MR) is 74.6 cm³/mol. The average molecular weight is 291 g/mol. The van der Waals surface area contributed by atoms with Gasteiger partial charge in [-0.3, -0.25) is 0 Å². The number of hydrogen-bond donors (Lipinski definition) is 0. The van der Waals surface area contributed by atoms with Crippen LogP contribution < -0.4 is 9.47 Å². The van der Waals surface area contributed by atoms with Crippen LogP contribution in [0.15, 0.2) is 22.7 Å². The molecule has 21 heavy (non-hydrogen) atoms. The molecule has 6 heteroatoms. The molecule has 2 rings (SSSR count). The van der Waals surface area contributed by atoms with E-state index in [1.54, 1.807) is 18.2 Å². The third-order valence-electron chi connectivity index (χ3n) is 3.15. The molecule has 6 nitrogen and oxygen atoms in total. The molecule has 0 radical (unpaired) electrons. The maximum Gasteiger partial charge on any atom is 0.341 e. The molecular weight excluding hydrogens is 274 g/mol. The molecule has 0 fully saturated rings. The zero-order valence-electron chi connectivity index (χ0n) is 12.4. The van der Waals surface area contributed by atoms with Gasteiger partial charge in [0.15, 0.2) is 0 Å². The van der Waals surface area contributed by atoms with Gasteiger partial charge in [-0.2, -0.15) is 0 Å². The van der Waals surface area contributed by atoms with Crippen LogP contribution in [0.4, 0.5) is 0 Å². The number of esters is 1. The number of nitrogens with zero attached hydrogens (tertiary/aromatic N) is 1. The van der Waals surface area contributed by atoms with Crippen molar-refractivity contribution in [3.05, 3.63) is 40.8 Å². The number of rotatable bonds is 5. The number of methoxy groups -OCH3 is 2. The van der Waals surface area contributed by atoms with Crippen molar-refractivity contribution in [2.75, 3.05) is 14.2 Å². The molecule has 1 aromatic carbocycles. The summed E-state index contributed by atoms with van der Waals surface area (Å²) in [6, 6.07) is 4.97. The highest BCUT2D eigenvalue weighted by Crippen LogP contribution is 2.26. The van der Waals surface area contributed by atoms with Crippen molar-refractivity contribution < 1.29 is 23.5 Å². The van der Waals surface area contributed by atoms with Gasteiger partial charge in [-0.25, -0.2) is 4.79 Å². The summed E-state index contributed by atoms with van der Waals surface area (Å²) in [5, 5.41) is 3.86. The van der Waals surface area contributed by atoms with Crippen molar-refractivity contribution in [3.8, 4) is 11.5 Å². The molecule has 0 saturated heterocycles. The molecule has 2 aromatic rings. The average Bonchev–Trinajstić information content (AvgIpc) is 2.83. The zero-order chi connectivity index (χ0) is 15.4. The first-order chi connectivity index (χ1) is 10.1. The maximum absolute atomic E-state index is 11.8. The summed E-state index contributed by atoms with van der Waals surface area (Å²) in [6.45, 7) is 3.91.